The van der Waals surface area contributed by atoms with Crippen LogP contribution in [0.2, 0.25) is 0 Å². The van der Waals surface area contributed by atoms with Crippen molar-refractivity contribution in [3.8, 4) is 0 Å². The zero-order valence-electron chi connectivity index (χ0n) is 5.57. The van der Waals surface area contributed by atoms with E-state index in [0.29, 0.717) is 6.54 Å². The van der Waals surface area contributed by atoms with Crippen LogP contribution in [0.1, 0.15) is 5.69 Å². The van der Waals surface area contributed by atoms with Crippen molar-refractivity contribution in [2.24, 2.45) is 5.73 Å². The van der Waals surface area contributed by atoms with Crippen LogP contribution in [-0.2, 0) is 0 Å². The highest BCUT2D eigenvalue weighted by molar-refractivity contribution is 5.43. The maximum Gasteiger partial charge on any atom is 0.115 e. The van der Waals surface area contributed by atoms with Crippen LogP contribution < -0.4 is 5.73 Å². The van der Waals surface area contributed by atoms with Crippen molar-refractivity contribution in [3.63, 3.8) is 0 Å². The van der Waals surface area contributed by atoms with E-state index in [9.17, 15) is 0 Å². The van der Waals surface area contributed by atoms with Crippen molar-refractivity contribution < 1.29 is 0 Å². The van der Waals surface area contributed by atoms with Crippen LogP contribution in [0, 0.1) is 0 Å². The summed E-state index contributed by atoms with van der Waals surface area (Å²) in [7, 11) is 0. The minimum absolute atomic E-state index is 0.546. The van der Waals surface area contributed by atoms with E-state index in [0.717, 1.165) is 5.69 Å². The molecule has 0 unspecified atom stereocenters. The van der Waals surface area contributed by atoms with Gasteiger partial charge in [-0.25, -0.2) is 9.97 Å². The predicted molar refractivity (Wildman–Crippen MR) is 40.1 cm³/mol. The highest BCUT2D eigenvalue weighted by Crippen LogP contribution is 1.92. The van der Waals surface area contributed by atoms with Crippen molar-refractivity contribution in [3.05, 3.63) is 30.4 Å². The normalized spacial score (nSPS) is 10.5. The standard InChI is InChI=1S/C7H9N3/c8-4-1-2-7-3-5-9-6-10-7/h1-3,5-6H,4,8H2/b2-1+. The summed E-state index contributed by atoms with van der Waals surface area (Å²) in [5.74, 6) is 0. The molecule has 3 nitrogen and oxygen atoms in total. The lowest BCUT2D eigenvalue weighted by molar-refractivity contribution is 1.15. The van der Waals surface area contributed by atoms with Gasteiger partial charge >= 0.3 is 0 Å². The molecule has 0 fully saturated rings. The van der Waals surface area contributed by atoms with Gasteiger partial charge in [0.1, 0.15) is 6.33 Å². The Morgan fingerprint density at radius 3 is 3.10 bits per heavy atom. The second-order valence-electron chi connectivity index (χ2n) is 1.77. The number of aromatic nitrogens is 2. The Bertz CT molecular complexity index is 205. The molecule has 1 rings (SSSR count). The molecule has 3 heteroatoms. The van der Waals surface area contributed by atoms with Gasteiger partial charge in [-0.05, 0) is 12.1 Å². The maximum atomic E-state index is 5.25. The van der Waals surface area contributed by atoms with Crippen molar-refractivity contribution in [2.75, 3.05) is 6.54 Å². The van der Waals surface area contributed by atoms with Crippen molar-refractivity contribution in [1.82, 2.24) is 9.97 Å². The second-order valence-corrected chi connectivity index (χ2v) is 1.77. The van der Waals surface area contributed by atoms with Crippen LogP contribution in [0.25, 0.3) is 6.08 Å². The number of hydrogen-bond donors (Lipinski definition) is 1. The molecule has 0 aliphatic carbocycles. The topological polar surface area (TPSA) is 51.8 Å². The molecule has 0 aliphatic heterocycles. The van der Waals surface area contributed by atoms with E-state index >= 15 is 0 Å². The molecule has 52 valence electrons. The largest absolute Gasteiger partial charge is 0.327 e. The second kappa shape index (κ2) is 3.74. The minimum Gasteiger partial charge on any atom is -0.327 e. The lowest BCUT2D eigenvalue weighted by Gasteiger charge is -1.87. The molecule has 0 saturated carbocycles. The Labute approximate surface area is 59.6 Å². The Morgan fingerprint density at radius 2 is 2.50 bits per heavy atom. The van der Waals surface area contributed by atoms with Gasteiger partial charge in [0.25, 0.3) is 0 Å². The fraction of sp³-hybridized carbons (Fsp3) is 0.143. The van der Waals surface area contributed by atoms with Crippen LogP contribution >= 0.6 is 0 Å². The van der Waals surface area contributed by atoms with Gasteiger partial charge in [0.15, 0.2) is 0 Å². The fourth-order valence-electron chi connectivity index (χ4n) is 0.588. The van der Waals surface area contributed by atoms with E-state index in [1.165, 1.54) is 6.33 Å². The summed E-state index contributed by atoms with van der Waals surface area (Å²) in [6.07, 6.45) is 6.92. The SMILES string of the molecule is NC/C=C/c1ccncn1. The van der Waals surface area contributed by atoms with E-state index in [2.05, 4.69) is 9.97 Å². The monoisotopic (exact) mass is 135 g/mol. The fourth-order valence-corrected chi connectivity index (χ4v) is 0.588. The number of rotatable bonds is 2. The Kier molecular flexibility index (Phi) is 2.58. The average Bonchev–Trinajstić information content (AvgIpc) is 2.03. The van der Waals surface area contributed by atoms with E-state index in [-0.39, 0.29) is 0 Å². The zero-order chi connectivity index (χ0) is 7.23. The van der Waals surface area contributed by atoms with Gasteiger partial charge in [0, 0.05) is 12.7 Å². The molecule has 2 N–H and O–H groups in total. The van der Waals surface area contributed by atoms with E-state index in [1.807, 2.05) is 18.2 Å². The van der Waals surface area contributed by atoms with Crippen molar-refractivity contribution in [1.29, 1.82) is 0 Å². The smallest absolute Gasteiger partial charge is 0.115 e. The molecule has 0 saturated heterocycles. The highest BCUT2D eigenvalue weighted by Gasteiger charge is 1.81. The third-order valence-electron chi connectivity index (χ3n) is 1.03. The number of hydrogen-bond acceptors (Lipinski definition) is 3. The van der Waals surface area contributed by atoms with Gasteiger partial charge in [-0.1, -0.05) is 6.08 Å². The third-order valence-corrected chi connectivity index (χ3v) is 1.03. The lowest BCUT2D eigenvalue weighted by Crippen LogP contribution is -1.92. The first-order valence-electron chi connectivity index (χ1n) is 3.06. The molecule has 0 amide bonds. The molecule has 1 heterocycles. The van der Waals surface area contributed by atoms with E-state index in [4.69, 9.17) is 5.73 Å². The van der Waals surface area contributed by atoms with Crippen LogP contribution in [0.3, 0.4) is 0 Å². The summed E-state index contributed by atoms with van der Waals surface area (Å²) in [4.78, 5) is 7.74. The molecular weight excluding hydrogens is 126 g/mol. The van der Waals surface area contributed by atoms with Gasteiger partial charge in [-0.2, -0.15) is 0 Å². The maximum absolute atomic E-state index is 5.25. The highest BCUT2D eigenvalue weighted by atomic mass is 14.8. The summed E-state index contributed by atoms with van der Waals surface area (Å²) in [5.41, 5.74) is 6.14. The minimum atomic E-state index is 0.546. The van der Waals surface area contributed by atoms with Crippen LogP contribution in [0.5, 0.6) is 0 Å². The molecule has 1 aromatic rings. The predicted octanol–water partition coefficient (Wildman–Crippen LogP) is 0.449. The van der Waals surface area contributed by atoms with Gasteiger partial charge in [-0.15, -0.1) is 0 Å². The quantitative estimate of drug-likeness (QED) is 0.640. The van der Waals surface area contributed by atoms with Crippen LogP contribution in [-0.4, -0.2) is 16.5 Å². The lowest BCUT2D eigenvalue weighted by atomic mass is 10.3. The van der Waals surface area contributed by atoms with E-state index in [1.54, 1.807) is 6.20 Å². The average molecular weight is 135 g/mol. The third kappa shape index (κ3) is 1.95. The van der Waals surface area contributed by atoms with E-state index < -0.39 is 0 Å². The van der Waals surface area contributed by atoms with Gasteiger partial charge in [0.05, 0.1) is 5.69 Å². The van der Waals surface area contributed by atoms with Crippen LogP contribution in [0.15, 0.2) is 24.7 Å². The first kappa shape index (κ1) is 6.89. The Balaban J connectivity index is 2.67. The first-order chi connectivity index (χ1) is 4.93. The summed E-state index contributed by atoms with van der Waals surface area (Å²) < 4.78 is 0. The molecular formula is C7H9N3. The van der Waals surface area contributed by atoms with Crippen LogP contribution in [0.4, 0.5) is 0 Å². The summed E-state index contributed by atoms with van der Waals surface area (Å²) in [5, 5.41) is 0. The summed E-state index contributed by atoms with van der Waals surface area (Å²) >= 11 is 0. The molecule has 0 aromatic carbocycles. The molecule has 0 atom stereocenters. The van der Waals surface area contributed by atoms with Gasteiger partial charge in [-0.3, -0.25) is 0 Å². The number of nitrogens with two attached hydrogens (primary N) is 1. The summed E-state index contributed by atoms with van der Waals surface area (Å²) in [6, 6.07) is 1.83. The van der Waals surface area contributed by atoms with Crippen molar-refractivity contribution in [2.45, 2.75) is 0 Å². The van der Waals surface area contributed by atoms with Gasteiger partial charge in [0.2, 0.25) is 0 Å². The molecule has 0 bridgehead atoms. The zero-order valence-corrected chi connectivity index (χ0v) is 5.57. The molecule has 0 spiro atoms. The molecule has 10 heavy (non-hydrogen) atoms. The van der Waals surface area contributed by atoms with Gasteiger partial charge < -0.3 is 5.73 Å². The first-order valence-corrected chi connectivity index (χ1v) is 3.06. The Hall–Kier alpha value is -1.22. The Morgan fingerprint density at radius 1 is 1.60 bits per heavy atom. The molecule has 1 aromatic heterocycles. The molecule has 0 radical (unpaired) electrons. The molecule has 0 aliphatic rings. The van der Waals surface area contributed by atoms with Crippen molar-refractivity contribution >= 4 is 6.08 Å². The number of nitrogens with zero attached hydrogens (tertiary/aromatic N) is 2. The summed E-state index contributed by atoms with van der Waals surface area (Å²) in [6.45, 7) is 0.546.